The summed E-state index contributed by atoms with van der Waals surface area (Å²) >= 11 is 2.89. The van der Waals surface area contributed by atoms with Gasteiger partial charge in [-0.1, -0.05) is 38.1 Å². The van der Waals surface area contributed by atoms with Crippen LogP contribution in [0.5, 0.6) is 0 Å². The molecule has 0 amide bonds. The van der Waals surface area contributed by atoms with Crippen molar-refractivity contribution in [3.8, 4) is 22.8 Å². The van der Waals surface area contributed by atoms with Gasteiger partial charge in [0.15, 0.2) is 23.2 Å². The first kappa shape index (κ1) is 24.3. The number of ketones is 2. The van der Waals surface area contributed by atoms with Gasteiger partial charge in [-0.2, -0.15) is 0 Å². The maximum atomic E-state index is 12.4. The highest BCUT2D eigenvalue weighted by Gasteiger charge is 2.20. The zero-order valence-electron chi connectivity index (χ0n) is 21.1. The molecule has 1 aromatic carbocycles. The summed E-state index contributed by atoms with van der Waals surface area (Å²) < 4.78 is 0. The molecule has 36 heavy (non-hydrogen) atoms. The molecule has 0 unspecified atom stereocenters. The normalized spacial score (nSPS) is 11.5. The van der Waals surface area contributed by atoms with Crippen molar-refractivity contribution in [1.29, 1.82) is 0 Å². The lowest BCUT2D eigenvalue weighted by atomic mass is 10.1. The van der Waals surface area contributed by atoms with Gasteiger partial charge in [-0.3, -0.25) is 9.59 Å². The molecule has 4 aromatic heterocycles. The Hall–Kier alpha value is -3.36. The number of hydrogen-bond donors (Lipinski definition) is 0. The van der Waals surface area contributed by atoms with E-state index in [0.717, 1.165) is 63.8 Å². The smallest absolute Gasteiger partial charge is 0.172 e. The molecule has 0 radical (unpaired) electrons. The van der Waals surface area contributed by atoms with Crippen molar-refractivity contribution in [3.63, 3.8) is 0 Å². The molecule has 0 fully saturated rings. The van der Waals surface area contributed by atoms with Crippen molar-refractivity contribution in [2.75, 3.05) is 0 Å². The third kappa shape index (κ3) is 3.94. The van der Waals surface area contributed by atoms with Crippen molar-refractivity contribution in [2.24, 2.45) is 0 Å². The average Bonchev–Trinajstić information content (AvgIpc) is 3.40. The Morgan fingerprint density at radius 3 is 1.33 bits per heavy atom. The zero-order chi connectivity index (χ0) is 25.7. The number of carbonyl (C=O) groups is 2. The Morgan fingerprint density at radius 1 is 0.639 bits per heavy atom. The molecule has 182 valence electrons. The molecule has 0 saturated heterocycles. The van der Waals surface area contributed by atoms with Gasteiger partial charge < -0.3 is 0 Å². The Bertz CT molecular complexity index is 1560. The van der Waals surface area contributed by atoms with E-state index in [1.54, 1.807) is 0 Å². The fourth-order valence-corrected chi connectivity index (χ4v) is 7.04. The van der Waals surface area contributed by atoms with E-state index >= 15 is 0 Å². The van der Waals surface area contributed by atoms with Crippen LogP contribution in [-0.2, 0) is 0 Å². The number of aryl methyl sites for hydroxylation is 4. The molecule has 0 aliphatic heterocycles. The van der Waals surface area contributed by atoms with Crippen molar-refractivity contribution in [2.45, 2.75) is 54.4 Å². The lowest BCUT2D eigenvalue weighted by Gasteiger charge is -2.06. The summed E-state index contributed by atoms with van der Waals surface area (Å²) in [5.74, 6) is 1.54. The summed E-state index contributed by atoms with van der Waals surface area (Å²) in [6.45, 7) is 11.6. The summed E-state index contributed by atoms with van der Waals surface area (Å²) in [4.78, 5) is 47.0. The Kier molecular flexibility index (Phi) is 6.26. The molecule has 4 heterocycles. The average molecular weight is 515 g/mol. The number of rotatable bonds is 6. The molecule has 0 aliphatic carbocycles. The van der Waals surface area contributed by atoms with Crippen LogP contribution in [0.4, 0.5) is 0 Å². The van der Waals surface area contributed by atoms with Crippen LogP contribution in [0, 0.1) is 27.7 Å². The minimum Gasteiger partial charge on any atom is -0.293 e. The van der Waals surface area contributed by atoms with Gasteiger partial charge in [0.05, 0.1) is 21.1 Å². The maximum Gasteiger partial charge on any atom is 0.172 e. The zero-order valence-corrected chi connectivity index (χ0v) is 22.8. The number of fused-ring (bicyclic) bond motifs is 2. The van der Waals surface area contributed by atoms with E-state index in [0.29, 0.717) is 24.5 Å². The van der Waals surface area contributed by atoms with Gasteiger partial charge in [0.25, 0.3) is 0 Å². The number of aromatic nitrogens is 4. The van der Waals surface area contributed by atoms with Gasteiger partial charge in [-0.25, -0.2) is 19.9 Å². The quantitative estimate of drug-likeness (QED) is 0.219. The van der Waals surface area contributed by atoms with Gasteiger partial charge in [0, 0.05) is 34.7 Å². The van der Waals surface area contributed by atoms with Crippen molar-refractivity contribution in [1.82, 2.24) is 19.9 Å². The van der Waals surface area contributed by atoms with Gasteiger partial charge in [0.2, 0.25) is 0 Å². The van der Waals surface area contributed by atoms with E-state index in [1.165, 1.54) is 22.7 Å². The Labute approximate surface area is 217 Å². The SMILES string of the molecule is CCC(=O)c1sc2nc(-c3ccc(-c4nc(C)c5c(C)c(C(=O)CC)sc5n4)cc3)nc(C)c2c1C. The van der Waals surface area contributed by atoms with E-state index in [4.69, 9.17) is 19.9 Å². The maximum absolute atomic E-state index is 12.4. The van der Waals surface area contributed by atoms with Gasteiger partial charge in [-0.15, -0.1) is 22.7 Å². The summed E-state index contributed by atoms with van der Waals surface area (Å²) in [6, 6.07) is 7.90. The van der Waals surface area contributed by atoms with E-state index < -0.39 is 0 Å². The standard InChI is InChI=1S/C28H26N4O2S2/c1-7-19(33)23-13(3)21-15(5)29-25(31-27(21)35-23)17-9-11-18(12-10-17)26-30-16(6)22-14(4)24(20(34)8-2)36-28(22)32-26/h9-12H,7-8H2,1-6H3. The Balaban J connectivity index is 1.53. The second-order valence-electron chi connectivity index (χ2n) is 8.87. The van der Waals surface area contributed by atoms with Crippen LogP contribution in [0.3, 0.4) is 0 Å². The van der Waals surface area contributed by atoms with Gasteiger partial charge in [0.1, 0.15) is 9.66 Å². The van der Waals surface area contributed by atoms with Crippen molar-refractivity contribution in [3.05, 3.63) is 56.5 Å². The van der Waals surface area contributed by atoms with Crippen LogP contribution < -0.4 is 0 Å². The molecule has 0 atom stereocenters. The molecule has 0 N–H and O–H groups in total. The predicted octanol–water partition coefficient (Wildman–Crippen LogP) is 7.45. The van der Waals surface area contributed by atoms with E-state index in [-0.39, 0.29) is 11.6 Å². The number of benzene rings is 1. The third-order valence-corrected chi connectivity index (χ3v) is 8.95. The molecule has 0 bridgehead atoms. The fourth-order valence-electron chi connectivity index (χ4n) is 4.56. The number of hydrogen-bond acceptors (Lipinski definition) is 8. The molecular formula is C28H26N4O2S2. The highest BCUT2D eigenvalue weighted by Crippen LogP contribution is 2.35. The van der Waals surface area contributed by atoms with Crippen LogP contribution in [0.1, 0.15) is 68.5 Å². The first-order valence-electron chi connectivity index (χ1n) is 12.0. The molecule has 5 aromatic rings. The molecule has 5 rings (SSSR count). The topological polar surface area (TPSA) is 85.7 Å². The monoisotopic (exact) mass is 514 g/mol. The second kappa shape index (κ2) is 9.26. The van der Waals surface area contributed by atoms with Crippen LogP contribution in [0.25, 0.3) is 43.2 Å². The summed E-state index contributed by atoms with van der Waals surface area (Å²) in [6.07, 6.45) is 0.951. The van der Waals surface area contributed by atoms with E-state index in [2.05, 4.69) is 0 Å². The Morgan fingerprint density at radius 2 is 1.00 bits per heavy atom. The van der Waals surface area contributed by atoms with Crippen LogP contribution in [0.15, 0.2) is 24.3 Å². The largest absolute Gasteiger partial charge is 0.293 e. The lowest BCUT2D eigenvalue weighted by molar-refractivity contribution is 0.0983. The lowest BCUT2D eigenvalue weighted by Crippen LogP contribution is -1.96. The van der Waals surface area contributed by atoms with Crippen LogP contribution in [-0.4, -0.2) is 31.5 Å². The predicted molar refractivity (Wildman–Crippen MR) is 147 cm³/mol. The molecule has 0 spiro atoms. The highest BCUT2D eigenvalue weighted by molar-refractivity contribution is 7.21. The molecule has 6 nitrogen and oxygen atoms in total. The van der Waals surface area contributed by atoms with E-state index in [1.807, 2.05) is 65.8 Å². The van der Waals surface area contributed by atoms with Gasteiger partial charge in [-0.05, 0) is 38.8 Å². The number of thiophene rings is 2. The molecule has 8 heteroatoms. The number of nitrogens with zero attached hydrogens (tertiary/aromatic N) is 4. The molecule has 0 aliphatic rings. The molecule has 0 saturated carbocycles. The number of Topliss-reactive ketones (excluding diaryl/α,β-unsaturated/α-hetero) is 2. The highest BCUT2D eigenvalue weighted by atomic mass is 32.1. The van der Waals surface area contributed by atoms with Crippen LogP contribution in [0.2, 0.25) is 0 Å². The van der Waals surface area contributed by atoms with Crippen LogP contribution >= 0.6 is 22.7 Å². The van der Waals surface area contributed by atoms with Gasteiger partial charge >= 0.3 is 0 Å². The third-order valence-electron chi connectivity index (χ3n) is 6.49. The van der Waals surface area contributed by atoms with Crippen molar-refractivity contribution >= 4 is 54.7 Å². The van der Waals surface area contributed by atoms with E-state index in [9.17, 15) is 9.59 Å². The first-order chi connectivity index (χ1) is 17.2. The summed E-state index contributed by atoms with van der Waals surface area (Å²) in [5.41, 5.74) is 5.46. The molecular weight excluding hydrogens is 488 g/mol. The minimum atomic E-state index is 0.139. The fraction of sp³-hybridized carbons (Fsp3) is 0.286. The summed E-state index contributed by atoms with van der Waals surface area (Å²) in [5, 5.41) is 1.95. The van der Waals surface area contributed by atoms with Crippen molar-refractivity contribution < 1.29 is 9.59 Å². The first-order valence-corrected chi connectivity index (χ1v) is 13.6. The second-order valence-corrected chi connectivity index (χ2v) is 10.9. The minimum absolute atomic E-state index is 0.139. The summed E-state index contributed by atoms with van der Waals surface area (Å²) in [7, 11) is 0. The number of carbonyl (C=O) groups excluding carboxylic acids is 2.